The summed E-state index contributed by atoms with van der Waals surface area (Å²) in [4.78, 5) is 24.3. The fraction of sp³-hybridized carbons (Fsp3) is 0.222. The third-order valence-electron chi connectivity index (χ3n) is 3.63. The highest BCUT2D eigenvalue weighted by atomic mass is 35.5. The Hall–Kier alpha value is -2.54. The molecular formula is C18H15ClF3NO3. The van der Waals surface area contributed by atoms with Crippen molar-refractivity contribution in [1.82, 2.24) is 5.32 Å². The molecule has 2 aromatic rings. The van der Waals surface area contributed by atoms with Gasteiger partial charge in [-0.25, -0.2) is 4.79 Å². The third kappa shape index (κ3) is 4.98. The molecule has 138 valence electrons. The minimum absolute atomic E-state index is 0.0268. The second-order valence-corrected chi connectivity index (χ2v) is 5.84. The van der Waals surface area contributed by atoms with Crippen molar-refractivity contribution in [1.29, 1.82) is 0 Å². The van der Waals surface area contributed by atoms with Crippen molar-refractivity contribution < 1.29 is 27.5 Å². The van der Waals surface area contributed by atoms with E-state index in [4.69, 9.17) is 11.6 Å². The Labute approximate surface area is 152 Å². The maximum absolute atomic E-state index is 12.6. The Kier molecular flexibility index (Phi) is 6.26. The molecule has 0 aliphatic carbocycles. The van der Waals surface area contributed by atoms with Crippen LogP contribution in [0.15, 0.2) is 48.5 Å². The fourth-order valence-electron chi connectivity index (χ4n) is 2.28. The summed E-state index contributed by atoms with van der Waals surface area (Å²) < 4.78 is 42.5. The topological polar surface area (TPSA) is 55.4 Å². The summed E-state index contributed by atoms with van der Waals surface area (Å²) >= 11 is 5.95. The van der Waals surface area contributed by atoms with E-state index in [1.807, 2.05) is 0 Å². The van der Waals surface area contributed by atoms with Crippen LogP contribution in [0.1, 0.15) is 21.5 Å². The molecule has 4 nitrogen and oxygen atoms in total. The van der Waals surface area contributed by atoms with E-state index in [1.54, 1.807) is 12.1 Å². The molecule has 1 amide bonds. The average molecular weight is 386 g/mol. The molecule has 0 spiro atoms. The lowest BCUT2D eigenvalue weighted by Crippen LogP contribution is -2.43. The summed E-state index contributed by atoms with van der Waals surface area (Å²) in [7, 11) is 1.16. The summed E-state index contributed by atoms with van der Waals surface area (Å²) in [6.07, 6.45) is -4.47. The van der Waals surface area contributed by atoms with Crippen LogP contribution in [0, 0.1) is 0 Å². The molecule has 0 aliphatic rings. The van der Waals surface area contributed by atoms with Gasteiger partial charge in [-0.15, -0.1) is 0 Å². The molecular weight excluding hydrogens is 371 g/mol. The van der Waals surface area contributed by atoms with Gasteiger partial charge in [0.1, 0.15) is 6.04 Å². The number of rotatable bonds is 5. The van der Waals surface area contributed by atoms with Gasteiger partial charge in [0, 0.05) is 6.42 Å². The van der Waals surface area contributed by atoms with E-state index in [1.165, 1.54) is 24.3 Å². The van der Waals surface area contributed by atoms with Crippen LogP contribution in [0.2, 0.25) is 5.02 Å². The molecule has 1 atom stereocenters. The lowest BCUT2D eigenvalue weighted by atomic mass is 10.0. The summed E-state index contributed by atoms with van der Waals surface area (Å²) in [6, 6.07) is 9.55. The van der Waals surface area contributed by atoms with Gasteiger partial charge < -0.3 is 10.1 Å². The molecule has 0 bridgehead atoms. The molecule has 0 unspecified atom stereocenters. The van der Waals surface area contributed by atoms with Crippen LogP contribution in [-0.4, -0.2) is 25.0 Å². The third-order valence-corrected chi connectivity index (χ3v) is 3.96. The van der Waals surface area contributed by atoms with Gasteiger partial charge in [-0.3, -0.25) is 4.79 Å². The van der Waals surface area contributed by atoms with Crippen molar-refractivity contribution in [2.75, 3.05) is 7.11 Å². The monoisotopic (exact) mass is 385 g/mol. The number of ether oxygens (including phenoxy) is 1. The average Bonchev–Trinajstić information content (AvgIpc) is 2.60. The van der Waals surface area contributed by atoms with Gasteiger partial charge in [-0.2, -0.15) is 13.2 Å². The first-order valence-electron chi connectivity index (χ1n) is 7.51. The minimum atomic E-state index is -4.45. The van der Waals surface area contributed by atoms with E-state index in [0.29, 0.717) is 5.56 Å². The van der Waals surface area contributed by atoms with Gasteiger partial charge in [-0.05, 0) is 29.8 Å². The molecule has 2 rings (SSSR count). The lowest BCUT2D eigenvalue weighted by Gasteiger charge is -2.17. The first kappa shape index (κ1) is 19.8. The fourth-order valence-corrected chi connectivity index (χ4v) is 2.50. The van der Waals surface area contributed by atoms with Crippen molar-refractivity contribution in [2.24, 2.45) is 0 Å². The van der Waals surface area contributed by atoms with Gasteiger partial charge in [-0.1, -0.05) is 35.9 Å². The molecule has 0 radical (unpaired) electrons. The molecule has 2 aromatic carbocycles. The van der Waals surface area contributed by atoms with Crippen molar-refractivity contribution >= 4 is 23.5 Å². The van der Waals surface area contributed by atoms with Crippen molar-refractivity contribution in [2.45, 2.75) is 18.6 Å². The largest absolute Gasteiger partial charge is 0.467 e. The first-order valence-corrected chi connectivity index (χ1v) is 7.89. The van der Waals surface area contributed by atoms with E-state index in [9.17, 15) is 22.8 Å². The van der Waals surface area contributed by atoms with E-state index in [-0.39, 0.29) is 17.0 Å². The number of halogens is 4. The summed E-state index contributed by atoms with van der Waals surface area (Å²) in [5.74, 6) is -1.30. The number of carbonyl (C=O) groups excluding carboxylic acids is 2. The number of carbonyl (C=O) groups is 2. The van der Waals surface area contributed by atoms with Crippen LogP contribution in [0.5, 0.6) is 0 Å². The Balaban J connectivity index is 2.16. The second-order valence-electron chi connectivity index (χ2n) is 5.43. The highest BCUT2D eigenvalue weighted by Gasteiger charge is 2.30. The number of hydrogen-bond acceptors (Lipinski definition) is 3. The number of amides is 1. The quantitative estimate of drug-likeness (QED) is 0.795. The zero-order valence-corrected chi connectivity index (χ0v) is 14.4. The van der Waals surface area contributed by atoms with Crippen LogP contribution >= 0.6 is 11.6 Å². The maximum Gasteiger partial charge on any atom is 0.416 e. The Morgan fingerprint density at radius 3 is 2.27 bits per heavy atom. The Morgan fingerprint density at radius 1 is 1.12 bits per heavy atom. The van der Waals surface area contributed by atoms with Gasteiger partial charge in [0.2, 0.25) is 0 Å². The number of nitrogens with one attached hydrogen (secondary N) is 1. The first-order chi connectivity index (χ1) is 12.2. The van der Waals surface area contributed by atoms with Crippen LogP contribution in [0.25, 0.3) is 0 Å². The zero-order valence-electron chi connectivity index (χ0n) is 13.6. The van der Waals surface area contributed by atoms with Crippen molar-refractivity contribution in [3.8, 4) is 0 Å². The predicted molar refractivity (Wildman–Crippen MR) is 89.9 cm³/mol. The predicted octanol–water partition coefficient (Wildman–Crippen LogP) is 3.87. The molecule has 8 heteroatoms. The number of esters is 1. The van der Waals surface area contributed by atoms with Gasteiger partial charge in [0.05, 0.1) is 23.3 Å². The molecule has 0 fully saturated rings. The van der Waals surface area contributed by atoms with Crippen LogP contribution in [-0.2, 0) is 22.1 Å². The molecule has 0 saturated carbocycles. The zero-order chi connectivity index (χ0) is 19.3. The standard InChI is InChI=1S/C18H15ClF3NO3/c1-26-17(25)15(23-16(24)13-4-2-3-5-14(13)19)10-11-6-8-12(9-7-11)18(20,21)22/h2-9,15H,10H2,1H3,(H,23,24)/t15-/m0/s1. The number of alkyl halides is 3. The minimum Gasteiger partial charge on any atom is -0.467 e. The number of methoxy groups -OCH3 is 1. The van der Waals surface area contributed by atoms with Crippen LogP contribution in [0.3, 0.4) is 0 Å². The molecule has 26 heavy (non-hydrogen) atoms. The van der Waals surface area contributed by atoms with E-state index < -0.39 is 29.7 Å². The highest BCUT2D eigenvalue weighted by Crippen LogP contribution is 2.29. The summed E-state index contributed by atoms with van der Waals surface area (Å²) in [6.45, 7) is 0. The summed E-state index contributed by atoms with van der Waals surface area (Å²) in [5, 5.41) is 2.71. The van der Waals surface area contributed by atoms with E-state index >= 15 is 0 Å². The molecule has 0 saturated heterocycles. The molecule has 0 heterocycles. The van der Waals surface area contributed by atoms with E-state index in [0.717, 1.165) is 19.2 Å². The maximum atomic E-state index is 12.6. The van der Waals surface area contributed by atoms with Gasteiger partial charge in [0.25, 0.3) is 5.91 Å². The Bertz CT molecular complexity index is 791. The van der Waals surface area contributed by atoms with E-state index in [2.05, 4.69) is 10.1 Å². The van der Waals surface area contributed by atoms with Crippen molar-refractivity contribution in [3.63, 3.8) is 0 Å². The van der Waals surface area contributed by atoms with Crippen molar-refractivity contribution in [3.05, 3.63) is 70.2 Å². The van der Waals surface area contributed by atoms with Gasteiger partial charge >= 0.3 is 12.1 Å². The lowest BCUT2D eigenvalue weighted by molar-refractivity contribution is -0.143. The molecule has 0 aliphatic heterocycles. The molecule has 1 N–H and O–H groups in total. The highest BCUT2D eigenvalue weighted by molar-refractivity contribution is 6.33. The Morgan fingerprint density at radius 2 is 1.73 bits per heavy atom. The van der Waals surface area contributed by atoms with Crippen LogP contribution in [0.4, 0.5) is 13.2 Å². The van der Waals surface area contributed by atoms with Crippen LogP contribution < -0.4 is 5.32 Å². The smallest absolute Gasteiger partial charge is 0.416 e. The number of benzene rings is 2. The normalized spacial score (nSPS) is 12.3. The van der Waals surface area contributed by atoms with Gasteiger partial charge in [0.15, 0.2) is 0 Å². The number of hydrogen-bond donors (Lipinski definition) is 1. The SMILES string of the molecule is COC(=O)[C@H](Cc1ccc(C(F)(F)F)cc1)NC(=O)c1ccccc1Cl. The second kappa shape index (κ2) is 8.23. The summed E-state index contributed by atoms with van der Waals surface area (Å²) in [5.41, 5.74) is -0.181. The molecule has 0 aromatic heterocycles.